The molecule has 0 saturated heterocycles. The largest absolute Gasteiger partial charge is 0.476 e. The summed E-state index contributed by atoms with van der Waals surface area (Å²) in [6.07, 6.45) is 0.111. The molecule has 0 bridgehead atoms. The van der Waals surface area contributed by atoms with Gasteiger partial charge in [-0.1, -0.05) is 0 Å². The summed E-state index contributed by atoms with van der Waals surface area (Å²) in [6.45, 7) is 4.85. The van der Waals surface area contributed by atoms with Gasteiger partial charge in [0.15, 0.2) is 0 Å². The van der Waals surface area contributed by atoms with Crippen LogP contribution in [0.4, 0.5) is 0 Å². The Balaban J connectivity index is 0. The van der Waals surface area contributed by atoms with Crippen molar-refractivity contribution in [1.29, 1.82) is 0 Å². The van der Waals surface area contributed by atoms with Gasteiger partial charge in [0.1, 0.15) is 12.5 Å². The molecule has 2 unspecified atom stereocenters. The summed E-state index contributed by atoms with van der Waals surface area (Å²) in [4.78, 5) is 18.9. The van der Waals surface area contributed by atoms with Crippen LogP contribution in [0.5, 0.6) is 0 Å². The zero-order chi connectivity index (χ0) is 12.4. The second kappa shape index (κ2) is 9.57. The van der Waals surface area contributed by atoms with E-state index in [1.165, 1.54) is 0 Å². The number of methoxy groups -OCH3 is 2. The number of ketones is 1. The SMILES string of the molecule is CC(=O)C(=O)O.COC(C)NC(C)OC. The predicted octanol–water partition coefficient (Wildman–Crippen LogP) is 0.221. The molecule has 0 aliphatic carbocycles. The van der Waals surface area contributed by atoms with Crippen molar-refractivity contribution in [3.63, 3.8) is 0 Å². The van der Waals surface area contributed by atoms with E-state index in [1.807, 2.05) is 13.8 Å². The summed E-state index contributed by atoms with van der Waals surface area (Å²) in [7, 11) is 3.31. The van der Waals surface area contributed by atoms with E-state index in [2.05, 4.69) is 5.32 Å². The number of ether oxygens (including phenoxy) is 2. The van der Waals surface area contributed by atoms with Gasteiger partial charge in [-0.25, -0.2) is 4.79 Å². The number of nitrogens with one attached hydrogen (secondary N) is 1. The maximum atomic E-state index is 9.54. The maximum Gasteiger partial charge on any atom is 0.371 e. The molecule has 0 amide bonds. The highest BCUT2D eigenvalue weighted by Gasteiger charge is 2.02. The van der Waals surface area contributed by atoms with E-state index >= 15 is 0 Å². The molecular formula is C9H19NO5. The molecule has 0 radical (unpaired) electrons. The monoisotopic (exact) mass is 221 g/mol. The van der Waals surface area contributed by atoms with Crippen LogP contribution in [0.3, 0.4) is 0 Å². The summed E-state index contributed by atoms with van der Waals surface area (Å²) in [5.74, 6) is -2.20. The molecular weight excluding hydrogens is 202 g/mol. The molecule has 0 aromatic rings. The fourth-order valence-corrected chi connectivity index (χ4v) is 0.467. The van der Waals surface area contributed by atoms with Gasteiger partial charge in [-0.15, -0.1) is 0 Å². The molecule has 0 aromatic heterocycles. The Bertz CT molecular complexity index is 175. The number of carbonyl (C=O) groups is 2. The Hall–Kier alpha value is -0.980. The molecule has 0 fully saturated rings. The van der Waals surface area contributed by atoms with E-state index in [0.29, 0.717) is 0 Å². The summed E-state index contributed by atoms with van der Waals surface area (Å²) in [6, 6.07) is 0. The normalized spacial score (nSPS) is 13.4. The molecule has 6 nitrogen and oxygen atoms in total. The molecule has 15 heavy (non-hydrogen) atoms. The molecule has 0 heterocycles. The van der Waals surface area contributed by atoms with Gasteiger partial charge in [0, 0.05) is 21.1 Å². The maximum absolute atomic E-state index is 9.54. The van der Waals surface area contributed by atoms with Crippen LogP contribution in [-0.4, -0.2) is 43.5 Å². The lowest BCUT2D eigenvalue weighted by Crippen LogP contribution is -2.36. The van der Waals surface area contributed by atoms with Crippen LogP contribution < -0.4 is 5.32 Å². The second-order valence-corrected chi connectivity index (χ2v) is 2.78. The first-order chi connectivity index (χ1) is 6.84. The molecule has 0 spiro atoms. The van der Waals surface area contributed by atoms with Crippen molar-refractivity contribution >= 4 is 11.8 Å². The molecule has 0 aliphatic rings. The average molecular weight is 221 g/mol. The molecule has 6 heteroatoms. The highest BCUT2D eigenvalue weighted by molar-refractivity contribution is 6.31. The van der Waals surface area contributed by atoms with Crippen LogP contribution in [0.1, 0.15) is 20.8 Å². The van der Waals surface area contributed by atoms with Crippen LogP contribution in [0.25, 0.3) is 0 Å². The third kappa shape index (κ3) is 13.0. The van der Waals surface area contributed by atoms with E-state index in [1.54, 1.807) is 14.2 Å². The zero-order valence-electron chi connectivity index (χ0n) is 9.73. The Morgan fingerprint density at radius 1 is 1.13 bits per heavy atom. The van der Waals surface area contributed by atoms with E-state index in [0.717, 1.165) is 6.92 Å². The van der Waals surface area contributed by atoms with Crippen molar-refractivity contribution in [3.8, 4) is 0 Å². The fraction of sp³-hybridized carbons (Fsp3) is 0.778. The van der Waals surface area contributed by atoms with E-state index in [-0.39, 0.29) is 12.5 Å². The van der Waals surface area contributed by atoms with Gasteiger partial charge in [0.05, 0.1) is 0 Å². The molecule has 0 aliphatic heterocycles. The number of carboxylic acids is 1. The molecule has 90 valence electrons. The number of rotatable bonds is 5. The van der Waals surface area contributed by atoms with Crippen LogP contribution in [0, 0.1) is 0 Å². The summed E-state index contributed by atoms with van der Waals surface area (Å²) in [5, 5.41) is 10.7. The molecule has 2 atom stereocenters. The van der Waals surface area contributed by atoms with Gasteiger partial charge in [0.25, 0.3) is 0 Å². The minimum absolute atomic E-state index is 0.0555. The molecule has 2 N–H and O–H groups in total. The number of carbonyl (C=O) groups excluding carboxylic acids is 1. The van der Waals surface area contributed by atoms with E-state index in [9.17, 15) is 9.59 Å². The van der Waals surface area contributed by atoms with Gasteiger partial charge in [-0.2, -0.15) is 0 Å². The van der Waals surface area contributed by atoms with Gasteiger partial charge in [-0.05, 0) is 13.8 Å². The predicted molar refractivity (Wildman–Crippen MR) is 54.4 cm³/mol. The van der Waals surface area contributed by atoms with Gasteiger partial charge in [-0.3, -0.25) is 10.1 Å². The van der Waals surface area contributed by atoms with Crippen molar-refractivity contribution in [1.82, 2.24) is 5.32 Å². The summed E-state index contributed by atoms with van der Waals surface area (Å²) < 4.78 is 9.86. The number of hydrogen-bond acceptors (Lipinski definition) is 5. The standard InChI is InChI=1S/C6H15NO2.C3H4O3/c1-5(8-3)7-6(2)9-4;1-2(4)3(5)6/h5-7H,1-4H3;1H3,(H,5,6). The summed E-state index contributed by atoms with van der Waals surface area (Å²) >= 11 is 0. The van der Waals surface area contributed by atoms with Crippen molar-refractivity contribution < 1.29 is 24.2 Å². The minimum Gasteiger partial charge on any atom is -0.476 e. The number of hydrogen-bond donors (Lipinski definition) is 2. The molecule has 0 saturated carbocycles. The van der Waals surface area contributed by atoms with Crippen LogP contribution >= 0.6 is 0 Å². The van der Waals surface area contributed by atoms with Crippen molar-refractivity contribution in [2.45, 2.75) is 33.2 Å². The molecule has 0 aromatic carbocycles. The van der Waals surface area contributed by atoms with Crippen molar-refractivity contribution in [2.24, 2.45) is 0 Å². The number of aliphatic carboxylic acids is 1. The Kier molecular flexibility index (Phi) is 10.5. The topological polar surface area (TPSA) is 84.9 Å². The van der Waals surface area contributed by atoms with E-state index in [4.69, 9.17) is 14.6 Å². The van der Waals surface area contributed by atoms with Crippen LogP contribution in [0.15, 0.2) is 0 Å². The Morgan fingerprint density at radius 3 is 1.53 bits per heavy atom. The third-order valence-electron chi connectivity index (χ3n) is 1.48. The third-order valence-corrected chi connectivity index (χ3v) is 1.48. The first kappa shape index (κ1) is 16.4. The van der Waals surface area contributed by atoms with E-state index < -0.39 is 11.8 Å². The van der Waals surface area contributed by atoms with Crippen molar-refractivity contribution in [2.75, 3.05) is 14.2 Å². The van der Waals surface area contributed by atoms with Gasteiger partial charge in [0.2, 0.25) is 5.78 Å². The first-order valence-electron chi connectivity index (χ1n) is 4.40. The highest BCUT2D eigenvalue weighted by atomic mass is 16.5. The first-order valence-corrected chi connectivity index (χ1v) is 4.40. The highest BCUT2D eigenvalue weighted by Crippen LogP contribution is 1.86. The lowest BCUT2D eigenvalue weighted by atomic mass is 10.5. The van der Waals surface area contributed by atoms with Crippen LogP contribution in [-0.2, 0) is 19.1 Å². The van der Waals surface area contributed by atoms with Crippen molar-refractivity contribution in [3.05, 3.63) is 0 Å². The van der Waals surface area contributed by atoms with Crippen LogP contribution in [0.2, 0.25) is 0 Å². The average Bonchev–Trinajstić information content (AvgIpc) is 2.18. The minimum atomic E-state index is -1.38. The lowest BCUT2D eigenvalue weighted by Gasteiger charge is -2.16. The quantitative estimate of drug-likeness (QED) is 0.510. The molecule has 0 rings (SSSR count). The number of carboxylic acid groups (broad SMARTS) is 1. The second-order valence-electron chi connectivity index (χ2n) is 2.78. The Labute approximate surface area is 89.6 Å². The zero-order valence-corrected chi connectivity index (χ0v) is 9.73. The Morgan fingerprint density at radius 2 is 1.40 bits per heavy atom. The lowest BCUT2D eigenvalue weighted by molar-refractivity contribution is -0.148. The fourth-order valence-electron chi connectivity index (χ4n) is 0.467. The van der Waals surface area contributed by atoms with Gasteiger partial charge >= 0.3 is 5.97 Å². The number of Topliss-reactive ketones (excluding diaryl/α,β-unsaturated/α-hetero) is 1. The summed E-state index contributed by atoms with van der Waals surface area (Å²) in [5.41, 5.74) is 0. The van der Waals surface area contributed by atoms with Gasteiger partial charge < -0.3 is 14.6 Å². The smallest absolute Gasteiger partial charge is 0.371 e.